The number of hydrogen-bond acceptors (Lipinski definition) is 4. The third-order valence-electron chi connectivity index (χ3n) is 3.54. The molecule has 2 N–H and O–H groups in total. The van der Waals surface area contributed by atoms with Crippen LogP contribution in [-0.4, -0.2) is 27.5 Å². The number of rotatable bonds is 4. The van der Waals surface area contributed by atoms with Gasteiger partial charge in [-0.1, -0.05) is 31.5 Å². The minimum Gasteiger partial charge on any atom is -0.388 e. The maximum atomic E-state index is 5.53. The summed E-state index contributed by atoms with van der Waals surface area (Å²) in [5.41, 5.74) is 6.12. The van der Waals surface area contributed by atoms with Crippen molar-refractivity contribution in [3.63, 3.8) is 0 Å². The van der Waals surface area contributed by atoms with E-state index >= 15 is 0 Å². The first kappa shape index (κ1) is 13.2. The van der Waals surface area contributed by atoms with Gasteiger partial charge in [-0.25, -0.2) is 9.97 Å². The summed E-state index contributed by atoms with van der Waals surface area (Å²) in [5.74, 6) is 0.935. The lowest BCUT2D eigenvalue weighted by Crippen LogP contribution is -2.37. The summed E-state index contributed by atoms with van der Waals surface area (Å²) in [7, 11) is 0. The molecule has 2 rings (SSSR count). The van der Waals surface area contributed by atoms with Crippen molar-refractivity contribution in [2.75, 3.05) is 11.4 Å². The molecule has 1 aromatic heterocycles. The molecule has 0 aliphatic heterocycles. The zero-order chi connectivity index (χ0) is 13.0. The smallest absolute Gasteiger partial charge is 0.147 e. The second-order valence-electron chi connectivity index (χ2n) is 4.70. The van der Waals surface area contributed by atoms with E-state index in [9.17, 15) is 0 Å². The first-order valence-corrected chi connectivity index (χ1v) is 7.01. The van der Waals surface area contributed by atoms with Crippen LogP contribution in [0.4, 0.5) is 5.82 Å². The van der Waals surface area contributed by atoms with E-state index in [4.69, 9.17) is 18.0 Å². The Hall–Kier alpha value is -1.23. The molecule has 4 nitrogen and oxygen atoms in total. The van der Waals surface area contributed by atoms with Crippen molar-refractivity contribution in [3.8, 4) is 0 Å². The number of hydrogen-bond donors (Lipinski definition) is 1. The number of aromatic nitrogens is 2. The summed E-state index contributed by atoms with van der Waals surface area (Å²) in [4.78, 5) is 11.4. The van der Waals surface area contributed by atoms with Crippen molar-refractivity contribution in [2.24, 2.45) is 5.73 Å². The van der Waals surface area contributed by atoms with E-state index in [1.807, 2.05) is 0 Å². The summed E-state index contributed by atoms with van der Waals surface area (Å²) in [5, 5.41) is 0. The molecule has 98 valence electrons. The van der Waals surface area contributed by atoms with Gasteiger partial charge in [0.1, 0.15) is 16.5 Å². The number of thiocarbonyl (C=S) groups is 1. The van der Waals surface area contributed by atoms with Gasteiger partial charge in [0.05, 0.1) is 12.4 Å². The normalized spacial score (nSPS) is 16.5. The van der Waals surface area contributed by atoms with E-state index in [0.717, 1.165) is 12.4 Å². The van der Waals surface area contributed by atoms with E-state index in [1.165, 1.54) is 32.1 Å². The van der Waals surface area contributed by atoms with Crippen LogP contribution in [0.3, 0.4) is 0 Å². The van der Waals surface area contributed by atoms with Crippen LogP contribution in [0.25, 0.3) is 0 Å². The van der Waals surface area contributed by atoms with Gasteiger partial charge >= 0.3 is 0 Å². The molecule has 1 fully saturated rings. The number of anilines is 1. The first-order chi connectivity index (χ1) is 8.72. The fourth-order valence-corrected chi connectivity index (χ4v) is 2.70. The van der Waals surface area contributed by atoms with Crippen LogP contribution in [0.1, 0.15) is 44.7 Å². The van der Waals surface area contributed by atoms with E-state index in [1.54, 1.807) is 12.4 Å². The standard InChI is InChI=1S/C13H20N4S/c1-2-17(10-6-4-3-5-7-10)12-9-15-11(8-16-12)13(14)18/h8-10H,2-7H2,1H3,(H2,14,18). The molecule has 1 aliphatic rings. The van der Waals surface area contributed by atoms with Crippen molar-refractivity contribution in [3.05, 3.63) is 18.1 Å². The topological polar surface area (TPSA) is 55.0 Å². The molecule has 5 heteroatoms. The lowest BCUT2D eigenvalue weighted by Gasteiger charge is -2.34. The van der Waals surface area contributed by atoms with E-state index in [0.29, 0.717) is 16.7 Å². The Morgan fingerprint density at radius 2 is 2.06 bits per heavy atom. The third kappa shape index (κ3) is 2.96. The maximum Gasteiger partial charge on any atom is 0.147 e. The van der Waals surface area contributed by atoms with Crippen LogP contribution >= 0.6 is 12.2 Å². The second kappa shape index (κ2) is 6.09. The highest BCUT2D eigenvalue weighted by molar-refractivity contribution is 7.80. The maximum absolute atomic E-state index is 5.53. The monoisotopic (exact) mass is 264 g/mol. The first-order valence-electron chi connectivity index (χ1n) is 6.61. The predicted octanol–water partition coefficient (Wildman–Crippen LogP) is 2.27. The minimum atomic E-state index is 0.301. The minimum absolute atomic E-state index is 0.301. The molecule has 0 saturated heterocycles. The van der Waals surface area contributed by atoms with Gasteiger partial charge in [0.2, 0.25) is 0 Å². The SMILES string of the molecule is CCN(c1cnc(C(N)=S)cn1)C1CCCCC1. The molecule has 18 heavy (non-hydrogen) atoms. The van der Waals surface area contributed by atoms with Crippen LogP contribution < -0.4 is 10.6 Å². The van der Waals surface area contributed by atoms with Crippen molar-refractivity contribution >= 4 is 23.0 Å². The fourth-order valence-electron chi connectivity index (χ4n) is 2.60. The Bertz CT molecular complexity index is 398. The number of nitrogens with zero attached hydrogens (tertiary/aromatic N) is 3. The molecule has 1 aliphatic carbocycles. The Morgan fingerprint density at radius 1 is 1.33 bits per heavy atom. The molecule has 0 bridgehead atoms. The van der Waals surface area contributed by atoms with Gasteiger partial charge in [0.25, 0.3) is 0 Å². The van der Waals surface area contributed by atoms with Gasteiger partial charge in [-0.2, -0.15) is 0 Å². The molecule has 1 saturated carbocycles. The van der Waals surface area contributed by atoms with Crippen LogP contribution in [0, 0.1) is 0 Å². The van der Waals surface area contributed by atoms with Crippen LogP contribution in [-0.2, 0) is 0 Å². The average molecular weight is 264 g/mol. The van der Waals surface area contributed by atoms with Gasteiger partial charge in [-0.05, 0) is 19.8 Å². The Morgan fingerprint density at radius 3 is 2.56 bits per heavy atom. The predicted molar refractivity (Wildman–Crippen MR) is 77.8 cm³/mol. The quantitative estimate of drug-likeness (QED) is 0.845. The highest BCUT2D eigenvalue weighted by Gasteiger charge is 2.21. The molecular formula is C13H20N4S. The van der Waals surface area contributed by atoms with Crippen LogP contribution in [0.5, 0.6) is 0 Å². The number of nitrogens with two attached hydrogens (primary N) is 1. The summed E-state index contributed by atoms with van der Waals surface area (Å²) in [6, 6.07) is 0.605. The molecule has 0 radical (unpaired) electrons. The van der Waals surface area contributed by atoms with Gasteiger partial charge in [0, 0.05) is 12.6 Å². The molecular weight excluding hydrogens is 244 g/mol. The summed E-state index contributed by atoms with van der Waals surface area (Å²) >= 11 is 4.89. The summed E-state index contributed by atoms with van der Waals surface area (Å²) in [6.07, 6.45) is 9.97. The summed E-state index contributed by atoms with van der Waals surface area (Å²) in [6.45, 7) is 3.13. The highest BCUT2D eigenvalue weighted by atomic mass is 32.1. The van der Waals surface area contributed by atoms with E-state index < -0.39 is 0 Å². The van der Waals surface area contributed by atoms with Gasteiger partial charge in [-0.15, -0.1) is 0 Å². The average Bonchev–Trinajstić information content (AvgIpc) is 2.41. The molecule has 0 amide bonds. The van der Waals surface area contributed by atoms with E-state index in [2.05, 4.69) is 21.8 Å². The zero-order valence-corrected chi connectivity index (χ0v) is 11.6. The Labute approximate surface area is 114 Å². The molecule has 0 aromatic carbocycles. The Balaban J connectivity index is 2.13. The lowest BCUT2D eigenvalue weighted by atomic mass is 9.94. The highest BCUT2D eigenvalue weighted by Crippen LogP contribution is 2.25. The van der Waals surface area contributed by atoms with E-state index in [-0.39, 0.29) is 0 Å². The lowest BCUT2D eigenvalue weighted by molar-refractivity contribution is 0.416. The van der Waals surface area contributed by atoms with Crippen molar-refractivity contribution in [1.29, 1.82) is 0 Å². The van der Waals surface area contributed by atoms with Crippen molar-refractivity contribution in [1.82, 2.24) is 9.97 Å². The van der Waals surface area contributed by atoms with Gasteiger partial charge < -0.3 is 10.6 Å². The summed E-state index contributed by atoms with van der Waals surface area (Å²) < 4.78 is 0. The fraction of sp³-hybridized carbons (Fsp3) is 0.615. The van der Waals surface area contributed by atoms with Crippen molar-refractivity contribution in [2.45, 2.75) is 45.1 Å². The van der Waals surface area contributed by atoms with Gasteiger partial charge in [0.15, 0.2) is 0 Å². The largest absolute Gasteiger partial charge is 0.388 e. The zero-order valence-electron chi connectivity index (χ0n) is 10.8. The van der Waals surface area contributed by atoms with Crippen LogP contribution in [0.2, 0.25) is 0 Å². The molecule has 1 heterocycles. The van der Waals surface area contributed by atoms with Crippen LogP contribution in [0.15, 0.2) is 12.4 Å². The molecule has 1 aromatic rings. The molecule has 0 atom stereocenters. The third-order valence-corrected chi connectivity index (χ3v) is 3.75. The molecule has 0 unspecified atom stereocenters. The molecule has 0 spiro atoms. The Kier molecular flexibility index (Phi) is 4.47. The second-order valence-corrected chi connectivity index (χ2v) is 5.14. The van der Waals surface area contributed by atoms with Gasteiger partial charge in [-0.3, -0.25) is 0 Å². The van der Waals surface area contributed by atoms with Crippen molar-refractivity contribution < 1.29 is 0 Å².